The molecule has 6 heteroatoms. The number of esters is 1. The number of hydrogen-bond acceptors (Lipinski definition) is 4. The fourth-order valence-corrected chi connectivity index (χ4v) is 2.78. The van der Waals surface area contributed by atoms with Gasteiger partial charge in [-0.3, -0.25) is 4.79 Å². The maximum Gasteiger partial charge on any atom is 0.341 e. The Morgan fingerprint density at radius 2 is 2.04 bits per heavy atom. The van der Waals surface area contributed by atoms with Gasteiger partial charge in [0.05, 0.1) is 12.7 Å². The first kappa shape index (κ1) is 17.2. The number of nitrogens with one attached hydrogen (secondary N) is 1. The van der Waals surface area contributed by atoms with E-state index in [-0.39, 0.29) is 17.5 Å². The Kier molecular flexibility index (Phi) is 5.96. The van der Waals surface area contributed by atoms with Crippen LogP contribution in [-0.2, 0) is 9.53 Å². The standard InChI is InChI=1S/C17H22FNO4/c1-11-5-3-4-6-15(11)19-16(20)10-23-17(21)13-8-7-12(22-2)9-14(13)18/h7-9,11,15H,3-6,10H2,1-2H3,(H,19,20)/t11-,15-/m1/s1. The van der Waals surface area contributed by atoms with Crippen LogP contribution in [0.3, 0.4) is 0 Å². The van der Waals surface area contributed by atoms with Crippen molar-refractivity contribution in [3.63, 3.8) is 0 Å². The molecule has 1 aliphatic carbocycles. The van der Waals surface area contributed by atoms with Gasteiger partial charge in [0.15, 0.2) is 6.61 Å². The van der Waals surface area contributed by atoms with Crippen LogP contribution in [0.15, 0.2) is 18.2 Å². The van der Waals surface area contributed by atoms with Crippen LogP contribution < -0.4 is 10.1 Å². The van der Waals surface area contributed by atoms with Crippen molar-refractivity contribution in [2.75, 3.05) is 13.7 Å². The molecule has 0 aliphatic heterocycles. The fourth-order valence-electron chi connectivity index (χ4n) is 2.78. The van der Waals surface area contributed by atoms with Crippen LogP contribution >= 0.6 is 0 Å². The molecule has 1 amide bonds. The average molecular weight is 323 g/mol. The summed E-state index contributed by atoms with van der Waals surface area (Å²) in [5, 5.41) is 2.88. The third kappa shape index (κ3) is 4.68. The quantitative estimate of drug-likeness (QED) is 0.846. The van der Waals surface area contributed by atoms with Gasteiger partial charge in [-0.2, -0.15) is 0 Å². The van der Waals surface area contributed by atoms with E-state index in [1.54, 1.807) is 0 Å². The van der Waals surface area contributed by atoms with E-state index in [1.165, 1.54) is 25.7 Å². The second-order valence-electron chi connectivity index (χ2n) is 5.86. The summed E-state index contributed by atoms with van der Waals surface area (Å²) < 4.78 is 23.5. The van der Waals surface area contributed by atoms with Gasteiger partial charge in [0.2, 0.25) is 0 Å². The summed E-state index contributed by atoms with van der Waals surface area (Å²) >= 11 is 0. The number of halogens is 1. The van der Waals surface area contributed by atoms with E-state index < -0.39 is 18.4 Å². The lowest BCUT2D eigenvalue weighted by molar-refractivity contribution is -0.125. The minimum absolute atomic E-state index is 0.118. The van der Waals surface area contributed by atoms with Crippen molar-refractivity contribution < 1.29 is 23.5 Å². The lowest BCUT2D eigenvalue weighted by Gasteiger charge is -2.29. The molecule has 1 saturated carbocycles. The Balaban J connectivity index is 1.85. The number of rotatable bonds is 5. The largest absolute Gasteiger partial charge is 0.497 e. The molecule has 126 valence electrons. The molecule has 23 heavy (non-hydrogen) atoms. The molecule has 0 unspecified atom stereocenters. The van der Waals surface area contributed by atoms with E-state index in [1.807, 2.05) is 0 Å². The molecule has 0 bridgehead atoms. The number of hydrogen-bond donors (Lipinski definition) is 1. The maximum absolute atomic E-state index is 13.8. The van der Waals surface area contributed by atoms with Gasteiger partial charge in [-0.1, -0.05) is 19.8 Å². The van der Waals surface area contributed by atoms with Gasteiger partial charge in [0.1, 0.15) is 11.6 Å². The first-order valence-electron chi connectivity index (χ1n) is 7.81. The van der Waals surface area contributed by atoms with E-state index in [9.17, 15) is 14.0 Å². The summed E-state index contributed by atoms with van der Waals surface area (Å²) in [6.45, 7) is 1.69. The number of amides is 1. The second-order valence-corrected chi connectivity index (χ2v) is 5.86. The highest BCUT2D eigenvalue weighted by Crippen LogP contribution is 2.23. The molecule has 1 aromatic carbocycles. The predicted octanol–water partition coefficient (Wildman–Crippen LogP) is 2.69. The van der Waals surface area contributed by atoms with Gasteiger partial charge >= 0.3 is 5.97 Å². The summed E-state index contributed by atoms with van der Waals surface area (Å²) in [5.41, 5.74) is -0.218. The van der Waals surface area contributed by atoms with Gasteiger partial charge in [-0.25, -0.2) is 9.18 Å². The van der Waals surface area contributed by atoms with Crippen LogP contribution in [0.2, 0.25) is 0 Å². The zero-order valence-electron chi connectivity index (χ0n) is 13.4. The number of benzene rings is 1. The van der Waals surface area contributed by atoms with E-state index in [2.05, 4.69) is 12.2 Å². The van der Waals surface area contributed by atoms with Crippen molar-refractivity contribution in [1.29, 1.82) is 0 Å². The summed E-state index contributed by atoms with van der Waals surface area (Å²) in [6.07, 6.45) is 4.29. The van der Waals surface area contributed by atoms with Crippen LogP contribution in [0.25, 0.3) is 0 Å². The molecule has 0 radical (unpaired) electrons. The van der Waals surface area contributed by atoms with Crippen LogP contribution in [0, 0.1) is 11.7 Å². The molecule has 0 aromatic heterocycles. The molecular weight excluding hydrogens is 301 g/mol. The Bertz CT molecular complexity index is 576. The Morgan fingerprint density at radius 3 is 2.70 bits per heavy atom. The first-order chi connectivity index (χ1) is 11.0. The summed E-state index contributed by atoms with van der Waals surface area (Å²) in [7, 11) is 1.41. The monoisotopic (exact) mass is 323 g/mol. The molecule has 1 N–H and O–H groups in total. The van der Waals surface area contributed by atoms with Crippen LogP contribution in [-0.4, -0.2) is 31.6 Å². The van der Waals surface area contributed by atoms with Gasteiger partial charge in [0, 0.05) is 12.1 Å². The Morgan fingerprint density at radius 1 is 1.30 bits per heavy atom. The highest BCUT2D eigenvalue weighted by molar-refractivity contribution is 5.91. The van der Waals surface area contributed by atoms with Gasteiger partial charge < -0.3 is 14.8 Å². The van der Waals surface area contributed by atoms with Crippen LogP contribution in [0.1, 0.15) is 43.0 Å². The molecule has 2 atom stereocenters. The molecule has 0 saturated heterocycles. The zero-order chi connectivity index (χ0) is 16.8. The lowest BCUT2D eigenvalue weighted by atomic mass is 9.86. The van der Waals surface area contributed by atoms with Crippen molar-refractivity contribution >= 4 is 11.9 Å². The highest BCUT2D eigenvalue weighted by Gasteiger charge is 2.23. The third-order valence-electron chi connectivity index (χ3n) is 4.19. The number of carbonyl (C=O) groups is 2. The van der Waals surface area contributed by atoms with Crippen molar-refractivity contribution in [3.8, 4) is 5.75 Å². The van der Waals surface area contributed by atoms with Crippen molar-refractivity contribution in [2.24, 2.45) is 5.92 Å². The molecule has 5 nitrogen and oxygen atoms in total. The number of ether oxygens (including phenoxy) is 2. The predicted molar refractivity (Wildman–Crippen MR) is 82.8 cm³/mol. The fraction of sp³-hybridized carbons (Fsp3) is 0.529. The number of carbonyl (C=O) groups excluding carboxylic acids is 2. The SMILES string of the molecule is COc1ccc(C(=O)OCC(=O)N[C@@H]2CCCC[C@H]2C)c(F)c1. The molecule has 1 aliphatic rings. The number of methoxy groups -OCH3 is 1. The van der Waals surface area contributed by atoms with E-state index >= 15 is 0 Å². The molecule has 0 spiro atoms. The Labute approximate surface area is 135 Å². The Hall–Kier alpha value is -2.11. The smallest absolute Gasteiger partial charge is 0.341 e. The molecule has 1 fully saturated rings. The highest BCUT2D eigenvalue weighted by atomic mass is 19.1. The lowest BCUT2D eigenvalue weighted by Crippen LogP contribution is -2.42. The summed E-state index contributed by atoms with van der Waals surface area (Å²) in [4.78, 5) is 23.7. The van der Waals surface area contributed by atoms with Crippen LogP contribution in [0.5, 0.6) is 5.75 Å². The van der Waals surface area contributed by atoms with E-state index in [4.69, 9.17) is 9.47 Å². The normalized spacial score (nSPS) is 20.7. The van der Waals surface area contributed by atoms with Gasteiger partial charge in [-0.05, 0) is 30.9 Å². The van der Waals surface area contributed by atoms with E-state index in [0.29, 0.717) is 11.7 Å². The van der Waals surface area contributed by atoms with Crippen molar-refractivity contribution in [2.45, 2.75) is 38.6 Å². The second kappa shape index (κ2) is 7.94. The summed E-state index contributed by atoms with van der Waals surface area (Å²) in [5.74, 6) is -1.23. The molecule has 0 heterocycles. The topological polar surface area (TPSA) is 64.6 Å². The van der Waals surface area contributed by atoms with Gasteiger partial charge in [0.25, 0.3) is 5.91 Å². The van der Waals surface area contributed by atoms with E-state index in [0.717, 1.165) is 25.3 Å². The van der Waals surface area contributed by atoms with Crippen molar-refractivity contribution in [3.05, 3.63) is 29.6 Å². The first-order valence-corrected chi connectivity index (χ1v) is 7.81. The summed E-state index contributed by atoms with van der Waals surface area (Å²) in [6, 6.07) is 3.95. The van der Waals surface area contributed by atoms with Crippen molar-refractivity contribution in [1.82, 2.24) is 5.32 Å². The minimum Gasteiger partial charge on any atom is -0.497 e. The molecule has 2 rings (SSSR count). The maximum atomic E-state index is 13.8. The van der Waals surface area contributed by atoms with Gasteiger partial charge in [-0.15, -0.1) is 0 Å². The molecular formula is C17H22FNO4. The average Bonchev–Trinajstić information content (AvgIpc) is 2.54. The minimum atomic E-state index is -0.864. The third-order valence-corrected chi connectivity index (χ3v) is 4.19. The zero-order valence-corrected chi connectivity index (χ0v) is 13.4. The van der Waals surface area contributed by atoms with Crippen LogP contribution in [0.4, 0.5) is 4.39 Å². The molecule has 1 aromatic rings.